The van der Waals surface area contributed by atoms with E-state index in [4.69, 9.17) is 11.4 Å². The minimum absolute atomic E-state index is 0.0110. The van der Waals surface area contributed by atoms with Gasteiger partial charge in [-0.05, 0) is 80.1 Å². The maximum Gasteiger partial charge on any atom is 0.331 e. The first kappa shape index (κ1) is 30.9. The van der Waals surface area contributed by atoms with Crippen molar-refractivity contribution in [1.82, 2.24) is 4.90 Å². The van der Waals surface area contributed by atoms with Crippen molar-refractivity contribution in [3.8, 4) is 12.3 Å². The zero-order valence-electron chi connectivity index (χ0n) is 25.0. The molecule has 1 heterocycles. The van der Waals surface area contributed by atoms with Gasteiger partial charge in [-0.2, -0.15) is 0 Å². The Morgan fingerprint density at radius 1 is 1.11 bits per heavy atom. The van der Waals surface area contributed by atoms with Crippen LogP contribution in [0.1, 0.15) is 114 Å². The summed E-state index contributed by atoms with van der Waals surface area (Å²) in [5.74, 6) is 2.41. The fourth-order valence-corrected chi connectivity index (χ4v) is 5.56. The smallest absolute Gasteiger partial charge is 0.331 e. The Hall–Kier alpha value is -2.35. The zero-order chi connectivity index (χ0) is 28.4. The number of aliphatic carboxylic acids is 1. The summed E-state index contributed by atoms with van der Waals surface area (Å²) in [6.45, 7) is 21.4. The van der Waals surface area contributed by atoms with Crippen molar-refractivity contribution in [2.75, 3.05) is 0 Å². The third kappa shape index (κ3) is 8.06. The number of nitrogens with zero attached hydrogens (tertiary/aromatic N) is 2. The molecule has 5 heteroatoms. The highest BCUT2D eigenvalue weighted by atomic mass is 16.4. The molecular formula is C32H50N2O3. The summed E-state index contributed by atoms with van der Waals surface area (Å²) in [6, 6.07) is -0.332. The molecular weight excluding hydrogens is 460 g/mol. The van der Waals surface area contributed by atoms with Crippen LogP contribution >= 0.6 is 0 Å². The molecule has 1 aliphatic carbocycles. The van der Waals surface area contributed by atoms with E-state index in [-0.39, 0.29) is 33.8 Å². The molecule has 37 heavy (non-hydrogen) atoms. The van der Waals surface area contributed by atoms with Gasteiger partial charge in [0.15, 0.2) is 0 Å². The van der Waals surface area contributed by atoms with Crippen molar-refractivity contribution in [2.24, 2.45) is 27.2 Å². The van der Waals surface area contributed by atoms with Gasteiger partial charge in [0.2, 0.25) is 0 Å². The molecule has 1 N–H and O–H groups in total. The van der Waals surface area contributed by atoms with E-state index in [1.165, 1.54) is 0 Å². The SMILES string of the molecule is C#C/C(=C\C=C(/C)C(=O)O)[C@@H](CCC(C)(C)C)N1C(=O)C(CC(C)(C)C)=NC12CCC(C(C)(C)C)CC2. The summed E-state index contributed by atoms with van der Waals surface area (Å²) < 4.78 is 0. The molecule has 0 aromatic rings. The number of rotatable bonds is 7. The van der Waals surface area contributed by atoms with Crippen molar-refractivity contribution >= 4 is 17.6 Å². The van der Waals surface area contributed by atoms with E-state index in [2.05, 4.69) is 68.2 Å². The molecule has 0 bridgehead atoms. The standard InChI is InChI=1S/C32H50N2O3/c1-12-23(14-13-22(2)28(36)37)26(17-18-29(3,4)5)34-27(35)25(21-30(6,7)8)33-32(34)19-15-24(16-20-32)31(9,10)11/h1,13-14,24,26H,15-21H2,2-11H3,(H,36,37)/b22-13+,23-14+/t24?,26-,32?/m1/s1. The molecule has 1 amide bonds. The zero-order valence-corrected chi connectivity index (χ0v) is 25.0. The highest BCUT2D eigenvalue weighted by Gasteiger charge is 2.53. The Bertz CT molecular complexity index is 995. The lowest BCUT2D eigenvalue weighted by Gasteiger charge is -2.47. The predicted molar refractivity (Wildman–Crippen MR) is 153 cm³/mol. The van der Waals surface area contributed by atoms with Gasteiger partial charge in [0.25, 0.3) is 5.91 Å². The van der Waals surface area contributed by atoms with Gasteiger partial charge in [-0.3, -0.25) is 9.79 Å². The molecule has 1 atom stereocenters. The number of carbonyl (C=O) groups excluding carboxylic acids is 1. The van der Waals surface area contributed by atoms with Crippen LogP contribution in [0.15, 0.2) is 28.3 Å². The van der Waals surface area contributed by atoms with Crippen LogP contribution in [0.4, 0.5) is 0 Å². The lowest BCUT2D eigenvalue weighted by atomic mass is 9.69. The summed E-state index contributed by atoms with van der Waals surface area (Å²) in [5, 5.41) is 9.37. The monoisotopic (exact) mass is 510 g/mol. The second-order valence-electron chi connectivity index (χ2n) is 14.6. The molecule has 1 spiro atoms. The summed E-state index contributed by atoms with van der Waals surface area (Å²) in [6.07, 6.45) is 15.2. The van der Waals surface area contributed by atoms with E-state index >= 15 is 0 Å². The van der Waals surface area contributed by atoms with Gasteiger partial charge in [-0.25, -0.2) is 4.79 Å². The fraction of sp³-hybridized carbons (Fsp3) is 0.719. The van der Waals surface area contributed by atoms with Crippen molar-refractivity contribution in [2.45, 2.75) is 126 Å². The molecule has 0 saturated heterocycles. The van der Waals surface area contributed by atoms with E-state index in [9.17, 15) is 14.7 Å². The Morgan fingerprint density at radius 3 is 2.11 bits per heavy atom. The predicted octanol–water partition coefficient (Wildman–Crippen LogP) is 7.42. The van der Waals surface area contributed by atoms with E-state index < -0.39 is 11.6 Å². The number of carboxylic acid groups (broad SMARTS) is 1. The molecule has 1 fully saturated rings. The second kappa shape index (κ2) is 11.2. The number of terminal acetylenes is 1. The van der Waals surface area contributed by atoms with Crippen LogP contribution in [0.25, 0.3) is 0 Å². The van der Waals surface area contributed by atoms with Crippen molar-refractivity contribution < 1.29 is 14.7 Å². The van der Waals surface area contributed by atoms with E-state index in [0.29, 0.717) is 30.0 Å². The molecule has 0 aromatic carbocycles. The van der Waals surface area contributed by atoms with E-state index in [1.54, 1.807) is 19.1 Å². The van der Waals surface area contributed by atoms with E-state index in [1.807, 2.05) is 4.90 Å². The maximum absolute atomic E-state index is 14.2. The van der Waals surface area contributed by atoms with Crippen LogP contribution < -0.4 is 0 Å². The fourth-order valence-electron chi connectivity index (χ4n) is 5.56. The van der Waals surface area contributed by atoms with Gasteiger partial charge in [0.1, 0.15) is 11.4 Å². The highest BCUT2D eigenvalue weighted by molar-refractivity contribution is 6.40. The number of allylic oxidation sites excluding steroid dienone is 2. The van der Waals surface area contributed by atoms with Crippen LogP contribution in [0.2, 0.25) is 0 Å². The van der Waals surface area contributed by atoms with Crippen LogP contribution in [0.5, 0.6) is 0 Å². The third-order valence-corrected chi connectivity index (χ3v) is 7.82. The van der Waals surface area contributed by atoms with Gasteiger partial charge in [-0.1, -0.05) is 74.3 Å². The van der Waals surface area contributed by atoms with Crippen molar-refractivity contribution in [3.05, 3.63) is 23.3 Å². The second-order valence-corrected chi connectivity index (χ2v) is 14.6. The normalized spacial score (nSPS) is 24.8. The molecule has 0 unspecified atom stereocenters. The minimum atomic E-state index is -0.983. The molecule has 1 aliphatic heterocycles. The third-order valence-electron chi connectivity index (χ3n) is 7.82. The Morgan fingerprint density at radius 2 is 1.68 bits per heavy atom. The lowest BCUT2D eigenvalue weighted by Crippen LogP contribution is -2.55. The number of carboxylic acids is 1. The molecule has 5 nitrogen and oxygen atoms in total. The molecule has 0 aromatic heterocycles. The quantitative estimate of drug-likeness (QED) is 0.220. The lowest BCUT2D eigenvalue weighted by molar-refractivity contribution is -0.133. The minimum Gasteiger partial charge on any atom is -0.478 e. The summed E-state index contributed by atoms with van der Waals surface area (Å²) in [4.78, 5) is 32.8. The molecule has 2 aliphatic rings. The molecule has 0 radical (unpaired) electrons. The van der Waals surface area contributed by atoms with Crippen LogP contribution in [0, 0.1) is 34.5 Å². The van der Waals surface area contributed by atoms with Gasteiger partial charge < -0.3 is 10.0 Å². The number of hydrogen-bond acceptors (Lipinski definition) is 3. The Kier molecular flexibility index (Phi) is 9.33. The van der Waals surface area contributed by atoms with Crippen LogP contribution in [-0.4, -0.2) is 39.3 Å². The summed E-state index contributed by atoms with van der Waals surface area (Å²) in [5.41, 5.74) is 1.10. The van der Waals surface area contributed by atoms with Gasteiger partial charge in [-0.15, -0.1) is 6.42 Å². The first-order valence-corrected chi connectivity index (χ1v) is 13.8. The summed E-state index contributed by atoms with van der Waals surface area (Å²) >= 11 is 0. The number of carbonyl (C=O) groups is 2. The highest BCUT2D eigenvalue weighted by Crippen LogP contribution is 2.48. The molecule has 2 rings (SSSR count). The number of amides is 1. The average molecular weight is 511 g/mol. The first-order chi connectivity index (χ1) is 16.8. The van der Waals surface area contributed by atoms with Crippen LogP contribution in [0.3, 0.4) is 0 Å². The summed E-state index contributed by atoms with van der Waals surface area (Å²) in [7, 11) is 0. The Balaban J connectivity index is 2.62. The maximum atomic E-state index is 14.2. The Labute approximate surface area is 225 Å². The van der Waals surface area contributed by atoms with Crippen molar-refractivity contribution in [1.29, 1.82) is 0 Å². The van der Waals surface area contributed by atoms with E-state index in [0.717, 1.165) is 32.1 Å². The van der Waals surface area contributed by atoms with Crippen LogP contribution in [-0.2, 0) is 9.59 Å². The van der Waals surface area contributed by atoms with Crippen molar-refractivity contribution in [3.63, 3.8) is 0 Å². The number of aliphatic imine (C=N–C) groups is 1. The topological polar surface area (TPSA) is 70.0 Å². The van der Waals surface area contributed by atoms with Gasteiger partial charge >= 0.3 is 5.97 Å². The van der Waals surface area contributed by atoms with Gasteiger partial charge in [0.05, 0.1) is 6.04 Å². The molecule has 1 saturated carbocycles. The largest absolute Gasteiger partial charge is 0.478 e. The first-order valence-electron chi connectivity index (χ1n) is 13.8. The number of hydrogen-bond donors (Lipinski definition) is 1. The average Bonchev–Trinajstić information content (AvgIpc) is 2.98. The molecule has 206 valence electrons. The van der Waals surface area contributed by atoms with Gasteiger partial charge in [0, 0.05) is 11.1 Å².